The van der Waals surface area contributed by atoms with Gasteiger partial charge in [0.25, 0.3) is 5.91 Å². The number of carbonyl (C=O) groups is 1. The summed E-state index contributed by atoms with van der Waals surface area (Å²) in [7, 11) is -3.43. The molecule has 2 aromatic carbocycles. The van der Waals surface area contributed by atoms with Gasteiger partial charge in [0.15, 0.2) is 11.5 Å². The summed E-state index contributed by atoms with van der Waals surface area (Å²) in [5, 5.41) is 2.81. The molecule has 0 radical (unpaired) electrons. The second-order valence-corrected chi connectivity index (χ2v) is 8.42. The van der Waals surface area contributed by atoms with Gasteiger partial charge < -0.3 is 14.8 Å². The van der Waals surface area contributed by atoms with Gasteiger partial charge in [-0.3, -0.25) is 4.79 Å². The maximum atomic E-state index is 12.6. The first-order valence-corrected chi connectivity index (χ1v) is 11.1. The Bertz CT molecular complexity index is 1060. The summed E-state index contributed by atoms with van der Waals surface area (Å²) in [5.74, 6) is 0.855. The number of benzene rings is 2. The first-order valence-electron chi connectivity index (χ1n) is 9.49. The lowest BCUT2D eigenvalue weighted by Gasteiger charge is -2.20. The first-order chi connectivity index (χ1) is 14.4. The van der Waals surface area contributed by atoms with Crippen molar-refractivity contribution in [3.63, 3.8) is 0 Å². The van der Waals surface area contributed by atoms with Crippen LogP contribution in [0.1, 0.15) is 18.1 Å². The van der Waals surface area contributed by atoms with Crippen molar-refractivity contribution >= 4 is 27.7 Å². The number of anilines is 1. The largest absolute Gasteiger partial charge is 0.490 e. The van der Waals surface area contributed by atoms with E-state index >= 15 is 0 Å². The van der Waals surface area contributed by atoms with E-state index in [2.05, 4.69) is 16.6 Å². The van der Waals surface area contributed by atoms with Crippen molar-refractivity contribution in [1.29, 1.82) is 0 Å². The molecular weight excluding hydrogens is 404 g/mol. The van der Waals surface area contributed by atoms with E-state index in [1.54, 1.807) is 30.3 Å². The van der Waals surface area contributed by atoms with Crippen molar-refractivity contribution in [2.45, 2.75) is 12.7 Å². The maximum Gasteiger partial charge on any atom is 0.255 e. The standard InChI is InChI=1S/C22H24N2O5S/c1-3-12-23-30(26,27)15-16-8-10-19(11-9-16)24-22(25)18-13-17-6-5-7-20(28-4-2)21(17)29-14-18/h3,5-11,13,23H,1,4,12,14-15H2,2H3,(H,24,25). The fourth-order valence-corrected chi connectivity index (χ4v) is 4.04. The number of sulfonamides is 1. The van der Waals surface area contributed by atoms with Gasteiger partial charge in [0.1, 0.15) is 6.61 Å². The molecule has 0 fully saturated rings. The minimum Gasteiger partial charge on any atom is -0.490 e. The van der Waals surface area contributed by atoms with Gasteiger partial charge in [-0.25, -0.2) is 13.1 Å². The quantitative estimate of drug-likeness (QED) is 0.599. The highest BCUT2D eigenvalue weighted by Crippen LogP contribution is 2.35. The Hall–Kier alpha value is -3.10. The van der Waals surface area contributed by atoms with Gasteiger partial charge in [0.05, 0.1) is 17.9 Å². The number of hydrogen-bond acceptors (Lipinski definition) is 5. The molecule has 0 saturated heterocycles. The molecule has 0 atom stereocenters. The molecule has 8 heteroatoms. The van der Waals surface area contributed by atoms with Crippen molar-refractivity contribution in [2.24, 2.45) is 0 Å². The minimum absolute atomic E-state index is 0.133. The fraction of sp³-hybridized carbons (Fsp3) is 0.227. The van der Waals surface area contributed by atoms with Crippen LogP contribution in [0.25, 0.3) is 6.08 Å². The van der Waals surface area contributed by atoms with Crippen LogP contribution in [0.2, 0.25) is 0 Å². The van der Waals surface area contributed by atoms with Gasteiger partial charge in [-0.05, 0) is 36.8 Å². The lowest BCUT2D eigenvalue weighted by atomic mass is 10.1. The number of para-hydroxylation sites is 1. The van der Waals surface area contributed by atoms with Crippen LogP contribution in [0, 0.1) is 0 Å². The summed E-state index contributed by atoms with van der Waals surface area (Å²) in [6.07, 6.45) is 3.26. The van der Waals surface area contributed by atoms with E-state index < -0.39 is 10.0 Å². The zero-order valence-corrected chi connectivity index (χ0v) is 17.5. The van der Waals surface area contributed by atoms with Crippen molar-refractivity contribution in [3.05, 3.63) is 71.8 Å². The minimum atomic E-state index is -3.43. The van der Waals surface area contributed by atoms with E-state index in [0.717, 1.165) is 5.56 Å². The first kappa shape index (κ1) is 21.6. The van der Waals surface area contributed by atoms with Gasteiger partial charge >= 0.3 is 0 Å². The monoisotopic (exact) mass is 428 g/mol. The molecule has 0 saturated carbocycles. The average molecular weight is 429 g/mol. The van der Waals surface area contributed by atoms with Crippen LogP contribution in [0.4, 0.5) is 5.69 Å². The molecule has 2 aromatic rings. The van der Waals surface area contributed by atoms with E-state index in [4.69, 9.17) is 9.47 Å². The molecule has 0 unspecified atom stereocenters. The summed E-state index contributed by atoms with van der Waals surface area (Å²) < 4.78 is 37.6. The fourth-order valence-electron chi connectivity index (χ4n) is 2.93. The summed E-state index contributed by atoms with van der Waals surface area (Å²) in [5.41, 5.74) is 2.44. The maximum absolute atomic E-state index is 12.6. The average Bonchev–Trinajstić information content (AvgIpc) is 2.73. The van der Waals surface area contributed by atoms with Gasteiger partial charge in [0.2, 0.25) is 10.0 Å². The van der Waals surface area contributed by atoms with Crippen LogP contribution in [0.3, 0.4) is 0 Å². The van der Waals surface area contributed by atoms with Crippen molar-refractivity contribution in [2.75, 3.05) is 25.1 Å². The molecule has 1 aliphatic heterocycles. The van der Waals surface area contributed by atoms with Crippen LogP contribution in [0.15, 0.2) is 60.7 Å². The summed E-state index contributed by atoms with van der Waals surface area (Å²) in [4.78, 5) is 12.6. The SMILES string of the molecule is C=CCNS(=O)(=O)Cc1ccc(NC(=O)C2=Cc3cccc(OCC)c3OC2)cc1. The van der Waals surface area contributed by atoms with Gasteiger partial charge in [-0.2, -0.15) is 0 Å². The van der Waals surface area contributed by atoms with E-state index in [-0.39, 0.29) is 24.8 Å². The second kappa shape index (κ2) is 9.60. The molecule has 0 aliphatic carbocycles. The third-order valence-corrected chi connectivity index (χ3v) is 5.64. The van der Waals surface area contributed by atoms with E-state index in [9.17, 15) is 13.2 Å². The molecule has 1 amide bonds. The topological polar surface area (TPSA) is 93.7 Å². The Labute approximate surface area is 176 Å². The van der Waals surface area contributed by atoms with Gasteiger partial charge in [0, 0.05) is 17.8 Å². The van der Waals surface area contributed by atoms with Crippen LogP contribution in [0.5, 0.6) is 11.5 Å². The van der Waals surface area contributed by atoms with Crippen LogP contribution < -0.4 is 19.5 Å². The number of hydrogen-bond donors (Lipinski definition) is 2. The molecule has 0 bridgehead atoms. The van der Waals surface area contributed by atoms with Crippen LogP contribution >= 0.6 is 0 Å². The molecule has 158 valence electrons. The van der Waals surface area contributed by atoms with E-state index in [1.807, 2.05) is 25.1 Å². The van der Waals surface area contributed by atoms with E-state index in [0.29, 0.717) is 34.9 Å². The smallest absolute Gasteiger partial charge is 0.255 e. The Balaban J connectivity index is 1.66. The highest BCUT2D eigenvalue weighted by Gasteiger charge is 2.20. The molecule has 1 heterocycles. The molecule has 0 spiro atoms. The number of nitrogens with one attached hydrogen (secondary N) is 2. The lowest BCUT2D eigenvalue weighted by Crippen LogP contribution is -2.25. The number of rotatable bonds is 9. The normalized spacial score (nSPS) is 12.9. The van der Waals surface area contributed by atoms with Gasteiger partial charge in [-0.15, -0.1) is 6.58 Å². The Kier molecular flexibility index (Phi) is 6.91. The van der Waals surface area contributed by atoms with E-state index in [1.165, 1.54) is 6.08 Å². The molecule has 0 aromatic heterocycles. The number of ether oxygens (including phenoxy) is 2. The third kappa shape index (κ3) is 5.49. The zero-order chi connectivity index (χ0) is 21.6. The number of amides is 1. The second-order valence-electron chi connectivity index (χ2n) is 6.61. The highest BCUT2D eigenvalue weighted by atomic mass is 32.2. The summed E-state index contributed by atoms with van der Waals surface area (Å²) in [6, 6.07) is 12.2. The third-order valence-electron chi connectivity index (χ3n) is 4.32. The lowest BCUT2D eigenvalue weighted by molar-refractivity contribution is -0.113. The molecule has 1 aliphatic rings. The zero-order valence-electron chi connectivity index (χ0n) is 16.7. The van der Waals surface area contributed by atoms with Crippen molar-refractivity contribution < 1.29 is 22.7 Å². The molecule has 2 N–H and O–H groups in total. The van der Waals surface area contributed by atoms with Crippen molar-refractivity contribution in [3.8, 4) is 11.5 Å². The molecule has 3 rings (SSSR count). The Morgan fingerprint density at radius 1 is 1.23 bits per heavy atom. The summed E-state index contributed by atoms with van der Waals surface area (Å²) >= 11 is 0. The number of fused-ring (bicyclic) bond motifs is 1. The number of carbonyl (C=O) groups excluding carboxylic acids is 1. The molecule has 30 heavy (non-hydrogen) atoms. The molecule has 7 nitrogen and oxygen atoms in total. The van der Waals surface area contributed by atoms with Crippen molar-refractivity contribution in [1.82, 2.24) is 4.72 Å². The summed E-state index contributed by atoms with van der Waals surface area (Å²) in [6.45, 7) is 6.23. The predicted molar refractivity (Wildman–Crippen MR) is 117 cm³/mol. The Morgan fingerprint density at radius 3 is 2.70 bits per heavy atom. The Morgan fingerprint density at radius 2 is 2.00 bits per heavy atom. The molecular formula is C22H24N2O5S. The predicted octanol–water partition coefficient (Wildman–Crippen LogP) is 3.11. The highest BCUT2D eigenvalue weighted by molar-refractivity contribution is 7.88. The van der Waals surface area contributed by atoms with Crippen LogP contribution in [-0.2, 0) is 20.6 Å². The van der Waals surface area contributed by atoms with Gasteiger partial charge in [-0.1, -0.05) is 30.3 Å². The van der Waals surface area contributed by atoms with Crippen LogP contribution in [-0.4, -0.2) is 34.1 Å².